The van der Waals surface area contributed by atoms with Crippen molar-refractivity contribution in [3.8, 4) is 0 Å². The molecule has 2 aromatic heterocycles. The van der Waals surface area contributed by atoms with Crippen molar-refractivity contribution in [1.82, 2.24) is 8.96 Å². The number of pyridine rings is 1. The molecule has 4 nitrogen and oxygen atoms in total. The van der Waals surface area contributed by atoms with E-state index in [1.807, 2.05) is 54.6 Å². The Kier molecular flexibility index (Phi) is 3.14. The molecule has 5 rings (SSSR count). The highest BCUT2D eigenvalue weighted by Gasteiger charge is 2.23. The molecule has 0 radical (unpaired) electrons. The minimum absolute atomic E-state index is 0.260. The van der Waals surface area contributed by atoms with Gasteiger partial charge in [-0.25, -0.2) is 17.4 Å². The molecule has 126 valence electrons. The molecule has 0 saturated heterocycles. The van der Waals surface area contributed by atoms with Gasteiger partial charge in [-0.3, -0.25) is 0 Å². The van der Waals surface area contributed by atoms with Crippen LogP contribution in [0.3, 0.4) is 0 Å². The second-order valence-corrected chi connectivity index (χ2v) is 7.94. The Morgan fingerprint density at radius 3 is 2.27 bits per heavy atom. The van der Waals surface area contributed by atoms with Crippen LogP contribution in [-0.4, -0.2) is 17.4 Å². The lowest BCUT2D eigenvalue weighted by atomic mass is 10.2. The molecule has 0 bridgehead atoms. The molecular formula is C21H14N2O2S. The third kappa shape index (κ3) is 2.07. The van der Waals surface area contributed by atoms with Gasteiger partial charge in [0.05, 0.1) is 27.0 Å². The van der Waals surface area contributed by atoms with Crippen molar-refractivity contribution in [2.75, 3.05) is 0 Å². The second-order valence-electron chi connectivity index (χ2n) is 6.15. The molecule has 26 heavy (non-hydrogen) atoms. The minimum Gasteiger partial charge on any atom is -0.245 e. The monoisotopic (exact) mass is 358 g/mol. The number of benzene rings is 3. The molecule has 5 aromatic rings. The van der Waals surface area contributed by atoms with Crippen molar-refractivity contribution in [3.05, 3.63) is 84.9 Å². The summed E-state index contributed by atoms with van der Waals surface area (Å²) >= 11 is 0. The first-order valence-corrected chi connectivity index (χ1v) is 9.70. The average Bonchev–Trinajstić information content (AvgIpc) is 3.01. The van der Waals surface area contributed by atoms with Crippen molar-refractivity contribution in [3.63, 3.8) is 0 Å². The maximum atomic E-state index is 13.4. The van der Waals surface area contributed by atoms with Crippen molar-refractivity contribution in [2.24, 2.45) is 0 Å². The fraction of sp³-hybridized carbons (Fsp3) is 0. The van der Waals surface area contributed by atoms with Crippen LogP contribution in [0.4, 0.5) is 0 Å². The highest BCUT2D eigenvalue weighted by molar-refractivity contribution is 7.90. The van der Waals surface area contributed by atoms with Gasteiger partial charge in [0.1, 0.15) is 0 Å². The van der Waals surface area contributed by atoms with Crippen molar-refractivity contribution >= 4 is 42.9 Å². The Bertz CT molecular complexity index is 1390. The summed E-state index contributed by atoms with van der Waals surface area (Å²) in [5.74, 6) is 0. The predicted octanol–water partition coefficient (Wildman–Crippen LogP) is 4.58. The average molecular weight is 358 g/mol. The lowest BCUT2D eigenvalue weighted by Gasteiger charge is -2.09. The Balaban J connectivity index is 1.99. The molecule has 0 aliphatic rings. The molecule has 0 amide bonds. The Hall–Kier alpha value is -3.18. The first kappa shape index (κ1) is 15.1. The SMILES string of the molecule is O=S(=O)(c1ccccc1)n1c2ccccc2c2nc3ccccc3cc21. The fourth-order valence-corrected chi connectivity index (χ4v) is 4.92. The van der Waals surface area contributed by atoms with E-state index in [0.29, 0.717) is 16.6 Å². The van der Waals surface area contributed by atoms with Crippen LogP contribution in [0.2, 0.25) is 0 Å². The van der Waals surface area contributed by atoms with Gasteiger partial charge in [0.25, 0.3) is 10.0 Å². The van der Waals surface area contributed by atoms with E-state index in [4.69, 9.17) is 4.98 Å². The Morgan fingerprint density at radius 2 is 1.42 bits per heavy atom. The zero-order valence-corrected chi connectivity index (χ0v) is 14.5. The predicted molar refractivity (Wildman–Crippen MR) is 104 cm³/mol. The zero-order valence-electron chi connectivity index (χ0n) is 13.7. The van der Waals surface area contributed by atoms with Crippen molar-refractivity contribution < 1.29 is 8.42 Å². The number of para-hydroxylation sites is 2. The first-order valence-electron chi connectivity index (χ1n) is 8.26. The molecule has 0 unspecified atom stereocenters. The van der Waals surface area contributed by atoms with Gasteiger partial charge in [-0.05, 0) is 30.3 Å². The molecule has 3 aromatic carbocycles. The molecule has 0 aliphatic carbocycles. The van der Waals surface area contributed by atoms with Crippen LogP contribution in [0.25, 0.3) is 32.8 Å². The van der Waals surface area contributed by atoms with Crippen LogP contribution in [0.5, 0.6) is 0 Å². The summed E-state index contributed by atoms with van der Waals surface area (Å²) in [4.78, 5) is 5.01. The number of fused-ring (bicyclic) bond motifs is 4. The maximum absolute atomic E-state index is 13.4. The van der Waals surface area contributed by atoms with E-state index in [9.17, 15) is 8.42 Å². The number of hydrogen-bond acceptors (Lipinski definition) is 3. The molecule has 0 fully saturated rings. The fourth-order valence-electron chi connectivity index (χ4n) is 3.40. The van der Waals surface area contributed by atoms with Gasteiger partial charge in [0.15, 0.2) is 0 Å². The number of nitrogens with zero attached hydrogens (tertiary/aromatic N) is 2. The largest absolute Gasteiger partial charge is 0.268 e. The number of hydrogen-bond donors (Lipinski definition) is 0. The summed E-state index contributed by atoms with van der Waals surface area (Å²) in [6.45, 7) is 0. The summed E-state index contributed by atoms with van der Waals surface area (Å²) in [6, 6.07) is 25.6. The van der Waals surface area contributed by atoms with Crippen LogP contribution >= 0.6 is 0 Å². The summed E-state index contributed by atoms with van der Waals surface area (Å²) in [7, 11) is -3.74. The molecule has 0 spiro atoms. The van der Waals surface area contributed by atoms with Crippen LogP contribution in [-0.2, 0) is 10.0 Å². The van der Waals surface area contributed by atoms with Gasteiger partial charge >= 0.3 is 0 Å². The van der Waals surface area contributed by atoms with E-state index < -0.39 is 10.0 Å². The normalized spacial score (nSPS) is 12.2. The van der Waals surface area contributed by atoms with Crippen LogP contribution < -0.4 is 0 Å². The second kappa shape index (κ2) is 5.41. The van der Waals surface area contributed by atoms with Crippen LogP contribution in [0.15, 0.2) is 89.8 Å². The van der Waals surface area contributed by atoms with Crippen LogP contribution in [0, 0.1) is 0 Å². The third-order valence-corrected chi connectivity index (χ3v) is 6.32. The third-order valence-electron chi connectivity index (χ3n) is 4.58. The van der Waals surface area contributed by atoms with E-state index >= 15 is 0 Å². The molecule has 0 saturated carbocycles. The van der Waals surface area contributed by atoms with E-state index in [0.717, 1.165) is 16.3 Å². The van der Waals surface area contributed by atoms with Gasteiger partial charge in [0.2, 0.25) is 0 Å². The van der Waals surface area contributed by atoms with Gasteiger partial charge in [-0.2, -0.15) is 0 Å². The van der Waals surface area contributed by atoms with Gasteiger partial charge in [-0.15, -0.1) is 0 Å². The Morgan fingerprint density at radius 1 is 0.731 bits per heavy atom. The summed E-state index contributed by atoms with van der Waals surface area (Å²) in [6.07, 6.45) is 0. The molecule has 5 heteroatoms. The van der Waals surface area contributed by atoms with Gasteiger partial charge in [0, 0.05) is 10.8 Å². The topological polar surface area (TPSA) is 52.0 Å². The summed E-state index contributed by atoms with van der Waals surface area (Å²) in [5.41, 5.74) is 2.77. The maximum Gasteiger partial charge on any atom is 0.268 e. The molecule has 0 N–H and O–H groups in total. The summed E-state index contributed by atoms with van der Waals surface area (Å²) < 4.78 is 28.2. The van der Waals surface area contributed by atoms with Crippen LogP contribution in [0.1, 0.15) is 0 Å². The first-order chi connectivity index (χ1) is 12.7. The molecule has 2 heterocycles. The number of rotatable bonds is 2. The Labute approximate surface area is 150 Å². The lowest BCUT2D eigenvalue weighted by Crippen LogP contribution is -2.12. The molecule has 0 atom stereocenters. The quantitative estimate of drug-likeness (QED) is 0.464. The van der Waals surface area contributed by atoms with E-state index in [1.54, 1.807) is 30.3 Å². The van der Waals surface area contributed by atoms with Gasteiger partial charge in [-0.1, -0.05) is 54.6 Å². The minimum atomic E-state index is -3.74. The van der Waals surface area contributed by atoms with Gasteiger partial charge < -0.3 is 0 Å². The number of aromatic nitrogens is 2. The standard InChI is InChI=1S/C21H14N2O2S/c24-26(25,16-9-2-1-3-10-16)23-19-13-7-5-11-17(19)21-20(23)14-15-8-4-6-12-18(15)22-21/h1-14H. The van der Waals surface area contributed by atoms with E-state index in [2.05, 4.69) is 0 Å². The lowest BCUT2D eigenvalue weighted by molar-refractivity contribution is 0.590. The van der Waals surface area contributed by atoms with Crippen molar-refractivity contribution in [2.45, 2.75) is 4.90 Å². The van der Waals surface area contributed by atoms with E-state index in [-0.39, 0.29) is 4.90 Å². The highest BCUT2D eigenvalue weighted by Crippen LogP contribution is 2.33. The molecular weight excluding hydrogens is 344 g/mol. The molecule has 0 aliphatic heterocycles. The van der Waals surface area contributed by atoms with E-state index in [1.165, 1.54) is 3.97 Å². The van der Waals surface area contributed by atoms with Crippen molar-refractivity contribution in [1.29, 1.82) is 0 Å². The highest BCUT2D eigenvalue weighted by atomic mass is 32.2. The smallest absolute Gasteiger partial charge is 0.245 e. The zero-order chi connectivity index (χ0) is 17.7. The summed E-state index contributed by atoms with van der Waals surface area (Å²) in [5, 5.41) is 1.74.